The minimum Gasteiger partial charge on any atom is -0.262 e. The number of hydrogen-bond acceptors (Lipinski definition) is 2. The molecule has 3 nitrogen and oxygen atoms in total. The lowest BCUT2D eigenvalue weighted by Crippen LogP contribution is -1.90. The van der Waals surface area contributed by atoms with E-state index >= 15 is 0 Å². The molecule has 1 aromatic carbocycles. The largest absolute Gasteiger partial charge is 0.262 e. The molecule has 0 saturated heterocycles. The third kappa shape index (κ3) is 2.00. The first-order valence-corrected chi connectivity index (χ1v) is 5.75. The summed E-state index contributed by atoms with van der Waals surface area (Å²) in [6.45, 7) is 4.00. The molecule has 0 radical (unpaired) electrons. The van der Waals surface area contributed by atoms with Gasteiger partial charge in [0.2, 0.25) is 0 Å². The van der Waals surface area contributed by atoms with Crippen LogP contribution in [0.25, 0.3) is 11.4 Å². The molecule has 1 aromatic heterocycles. The van der Waals surface area contributed by atoms with E-state index in [1.165, 1.54) is 0 Å². The van der Waals surface area contributed by atoms with Crippen LogP contribution < -0.4 is 0 Å². The van der Waals surface area contributed by atoms with Gasteiger partial charge in [-0.2, -0.15) is 5.10 Å². The third-order valence-electron chi connectivity index (χ3n) is 2.24. The molecule has 2 aromatic rings. The molecule has 0 amide bonds. The Morgan fingerprint density at radius 2 is 2.12 bits per heavy atom. The maximum absolute atomic E-state index is 13.8. The Balaban J connectivity index is 2.47. The first-order valence-electron chi connectivity index (χ1n) is 4.96. The van der Waals surface area contributed by atoms with Gasteiger partial charge in [-0.05, 0) is 28.1 Å². The maximum atomic E-state index is 13.8. The van der Waals surface area contributed by atoms with Crippen LogP contribution in [-0.4, -0.2) is 15.2 Å². The lowest BCUT2D eigenvalue weighted by Gasteiger charge is -1.99. The zero-order chi connectivity index (χ0) is 11.7. The number of benzene rings is 1. The summed E-state index contributed by atoms with van der Waals surface area (Å²) < 4.78 is 14.2. The van der Waals surface area contributed by atoms with Gasteiger partial charge in [0.1, 0.15) is 11.6 Å². The van der Waals surface area contributed by atoms with Crippen molar-refractivity contribution in [3.8, 4) is 11.4 Å². The molecule has 0 bridgehead atoms. The van der Waals surface area contributed by atoms with Gasteiger partial charge in [-0.1, -0.05) is 19.9 Å². The van der Waals surface area contributed by atoms with Crippen molar-refractivity contribution in [3.05, 3.63) is 34.3 Å². The topological polar surface area (TPSA) is 41.6 Å². The van der Waals surface area contributed by atoms with E-state index in [0.29, 0.717) is 15.9 Å². The monoisotopic (exact) mass is 283 g/mol. The zero-order valence-electron chi connectivity index (χ0n) is 8.96. The second-order valence-corrected chi connectivity index (χ2v) is 4.65. The van der Waals surface area contributed by atoms with Crippen LogP contribution in [0.2, 0.25) is 0 Å². The van der Waals surface area contributed by atoms with Crippen molar-refractivity contribution in [2.24, 2.45) is 0 Å². The quantitative estimate of drug-likeness (QED) is 0.917. The summed E-state index contributed by atoms with van der Waals surface area (Å²) in [5, 5.41) is 6.82. The van der Waals surface area contributed by atoms with Crippen molar-refractivity contribution in [1.82, 2.24) is 15.2 Å². The van der Waals surface area contributed by atoms with Crippen LogP contribution in [0.4, 0.5) is 4.39 Å². The summed E-state index contributed by atoms with van der Waals surface area (Å²) in [5.41, 5.74) is 0.400. The molecule has 0 atom stereocenters. The number of aromatic amines is 1. The highest BCUT2D eigenvalue weighted by molar-refractivity contribution is 9.10. The summed E-state index contributed by atoms with van der Waals surface area (Å²) >= 11 is 3.14. The standard InChI is InChI=1S/C11H11BrFN3/c1-6(2)10-14-11(16-15-10)7-4-3-5-8(12)9(7)13/h3-6H,1-2H3,(H,14,15,16). The lowest BCUT2D eigenvalue weighted by molar-refractivity contribution is 0.623. The minimum atomic E-state index is -0.336. The predicted octanol–water partition coefficient (Wildman–Crippen LogP) is 3.50. The summed E-state index contributed by atoms with van der Waals surface area (Å²) in [7, 11) is 0. The smallest absolute Gasteiger partial charge is 0.184 e. The molecule has 0 aliphatic carbocycles. The van der Waals surface area contributed by atoms with Crippen molar-refractivity contribution in [2.75, 3.05) is 0 Å². The minimum absolute atomic E-state index is 0.247. The fourth-order valence-electron chi connectivity index (χ4n) is 1.33. The highest BCUT2D eigenvalue weighted by Crippen LogP contribution is 2.25. The first kappa shape index (κ1) is 11.3. The summed E-state index contributed by atoms with van der Waals surface area (Å²) in [4.78, 5) is 4.25. The van der Waals surface area contributed by atoms with Crippen molar-refractivity contribution in [2.45, 2.75) is 19.8 Å². The van der Waals surface area contributed by atoms with E-state index in [9.17, 15) is 4.39 Å². The Morgan fingerprint density at radius 1 is 1.38 bits per heavy atom. The molecule has 0 unspecified atom stereocenters. The van der Waals surface area contributed by atoms with Crippen LogP contribution in [0, 0.1) is 5.82 Å². The van der Waals surface area contributed by atoms with Crippen molar-refractivity contribution >= 4 is 15.9 Å². The highest BCUT2D eigenvalue weighted by Gasteiger charge is 2.13. The number of nitrogens with one attached hydrogen (secondary N) is 1. The van der Waals surface area contributed by atoms with E-state index in [1.54, 1.807) is 18.2 Å². The van der Waals surface area contributed by atoms with E-state index in [1.807, 2.05) is 13.8 Å². The maximum Gasteiger partial charge on any atom is 0.184 e. The zero-order valence-corrected chi connectivity index (χ0v) is 10.5. The molecule has 0 fully saturated rings. The number of hydrogen-bond donors (Lipinski definition) is 1. The van der Waals surface area contributed by atoms with E-state index in [0.717, 1.165) is 5.82 Å². The van der Waals surface area contributed by atoms with Crippen molar-refractivity contribution in [1.29, 1.82) is 0 Å². The Labute approximate surface area is 101 Å². The van der Waals surface area contributed by atoms with Gasteiger partial charge in [0.15, 0.2) is 5.82 Å². The molecule has 1 heterocycles. The van der Waals surface area contributed by atoms with Crippen molar-refractivity contribution < 1.29 is 4.39 Å². The van der Waals surface area contributed by atoms with Gasteiger partial charge in [-0.3, -0.25) is 5.10 Å². The van der Waals surface area contributed by atoms with E-state index in [-0.39, 0.29) is 11.7 Å². The Bertz CT molecular complexity index is 508. The van der Waals surface area contributed by atoms with E-state index < -0.39 is 0 Å². The Hall–Kier alpha value is -1.23. The fourth-order valence-corrected chi connectivity index (χ4v) is 1.70. The van der Waals surface area contributed by atoms with Crippen LogP contribution >= 0.6 is 15.9 Å². The van der Waals surface area contributed by atoms with Gasteiger partial charge in [-0.25, -0.2) is 9.37 Å². The summed E-state index contributed by atoms with van der Waals surface area (Å²) in [6.07, 6.45) is 0. The first-order chi connectivity index (χ1) is 7.59. The molecule has 0 aliphatic rings. The molecule has 0 spiro atoms. The fraction of sp³-hybridized carbons (Fsp3) is 0.273. The van der Waals surface area contributed by atoms with Gasteiger partial charge >= 0.3 is 0 Å². The Morgan fingerprint density at radius 3 is 2.75 bits per heavy atom. The number of aromatic nitrogens is 3. The van der Waals surface area contributed by atoms with Crippen LogP contribution in [0.5, 0.6) is 0 Å². The average molecular weight is 284 g/mol. The van der Waals surface area contributed by atoms with E-state index in [4.69, 9.17) is 0 Å². The van der Waals surface area contributed by atoms with Gasteiger partial charge < -0.3 is 0 Å². The average Bonchev–Trinajstić information content (AvgIpc) is 2.71. The summed E-state index contributed by atoms with van der Waals surface area (Å²) in [5.74, 6) is 1.06. The van der Waals surface area contributed by atoms with Crippen molar-refractivity contribution in [3.63, 3.8) is 0 Å². The molecule has 2 rings (SSSR count). The highest BCUT2D eigenvalue weighted by atomic mass is 79.9. The molecule has 0 saturated carbocycles. The van der Waals surface area contributed by atoms with Gasteiger partial charge in [0.25, 0.3) is 0 Å². The van der Waals surface area contributed by atoms with E-state index in [2.05, 4.69) is 31.1 Å². The molecular weight excluding hydrogens is 273 g/mol. The third-order valence-corrected chi connectivity index (χ3v) is 2.85. The number of nitrogens with zero attached hydrogens (tertiary/aromatic N) is 2. The lowest BCUT2D eigenvalue weighted by atomic mass is 10.2. The van der Waals surface area contributed by atoms with Crippen LogP contribution in [0.1, 0.15) is 25.6 Å². The van der Waals surface area contributed by atoms with Crippen LogP contribution in [0.15, 0.2) is 22.7 Å². The molecule has 5 heteroatoms. The second-order valence-electron chi connectivity index (χ2n) is 3.80. The number of H-pyrrole nitrogens is 1. The molecule has 0 aliphatic heterocycles. The normalized spacial score (nSPS) is 11.1. The second kappa shape index (κ2) is 4.33. The predicted molar refractivity (Wildman–Crippen MR) is 63.6 cm³/mol. The van der Waals surface area contributed by atoms with Gasteiger partial charge in [0.05, 0.1) is 10.0 Å². The number of rotatable bonds is 2. The molecule has 1 N–H and O–H groups in total. The summed E-state index contributed by atoms with van der Waals surface area (Å²) in [6, 6.07) is 5.07. The van der Waals surface area contributed by atoms with Gasteiger partial charge in [0, 0.05) is 5.92 Å². The number of halogens is 2. The Kier molecular flexibility index (Phi) is 3.05. The van der Waals surface area contributed by atoms with Crippen LogP contribution in [-0.2, 0) is 0 Å². The molecule has 16 heavy (non-hydrogen) atoms. The molecular formula is C11H11BrFN3. The molecule has 84 valence electrons. The SMILES string of the molecule is CC(C)c1nc(-c2cccc(Br)c2F)n[nH]1. The van der Waals surface area contributed by atoms with Crippen LogP contribution in [0.3, 0.4) is 0 Å². The van der Waals surface area contributed by atoms with Gasteiger partial charge in [-0.15, -0.1) is 0 Å².